The standard InChI is InChI=1S/C18H18FNO5/c19-14-7-3-4-8-15(14)24-9-10-25-16(21)11-20-17(22)12-5-1-2-6-13(12)18(20)23/h1-4,7-8,12-13H,5-6,9-11H2. The van der Waals surface area contributed by atoms with Crippen molar-refractivity contribution < 1.29 is 28.2 Å². The fourth-order valence-corrected chi connectivity index (χ4v) is 3.07. The molecule has 0 radical (unpaired) electrons. The van der Waals surface area contributed by atoms with Gasteiger partial charge in [0.1, 0.15) is 19.8 Å². The minimum Gasteiger partial charge on any atom is -0.487 e. The number of carbonyl (C=O) groups is 3. The second-order valence-corrected chi connectivity index (χ2v) is 5.92. The van der Waals surface area contributed by atoms with Crippen molar-refractivity contribution >= 4 is 17.8 Å². The summed E-state index contributed by atoms with van der Waals surface area (Å²) in [6.07, 6.45) is 4.82. The summed E-state index contributed by atoms with van der Waals surface area (Å²) >= 11 is 0. The molecule has 0 aromatic heterocycles. The molecule has 6 nitrogen and oxygen atoms in total. The van der Waals surface area contributed by atoms with Crippen LogP contribution in [0.2, 0.25) is 0 Å². The predicted molar refractivity (Wildman–Crippen MR) is 84.9 cm³/mol. The second-order valence-electron chi connectivity index (χ2n) is 5.92. The van der Waals surface area contributed by atoms with E-state index in [4.69, 9.17) is 9.47 Å². The monoisotopic (exact) mass is 347 g/mol. The molecule has 1 aromatic carbocycles. The Morgan fingerprint density at radius 1 is 1.08 bits per heavy atom. The van der Waals surface area contributed by atoms with E-state index in [-0.39, 0.29) is 42.6 Å². The van der Waals surface area contributed by atoms with Gasteiger partial charge in [-0.1, -0.05) is 24.3 Å². The molecule has 2 unspecified atom stereocenters. The molecule has 0 spiro atoms. The number of allylic oxidation sites excluding steroid dienone is 2. The summed E-state index contributed by atoms with van der Waals surface area (Å²) in [5.41, 5.74) is 0. The van der Waals surface area contributed by atoms with Crippen LogP contribution in [-0.2, 0) is 19.1 Å². The quantitative estimate of drug-likeness (QED) is 0.339. The number of carbonyl (C=O) groups excluding carboxylic acids is 3. The SMILES string of the molecule is O=C(CN1C(=O)C2CC=CCC2C1=O)OCCOc1ccccc1F. The molecular formula is C18H18FNO5. The zero-order chi connectivity index (χ0) is 17.8. The van der Waals surface area contributed by atoms with Gasteiger partial charge < -0.3 is 9.47 Å². The first-order valence-electron chi connectivity index (χ1n) is 8.11. The number of rotatable bonds is 6. The maximum atomic E-state index is 13.4. The average molecular weight is 347 g/mol. The van der Waals surface area contributed by atoms with E-state index in [1.165, 1.54) is 12.1 Å². The van der Waals surface area contributed by atoms with Crippen LogP contribution in [-0.4, -0.2) is 42.4 Å². The van der Waals surface area contributed by atoms with Crippen LogP contribution in [0.5, 0.6) is 5.75 Å². The van der Waals surface area contributed by atoms with Gasteiger partial charge in [0.2, 0.25) is 11.8 Å². The minimum absolute atomic E-state index is 0.0241. The van der Waals surface area contributed by atoms with E-state index < -0.39 is 18.3 Å². The highest BCUT2D eigenvalue weighted by Crippen LogP contribution is 2.34. The number of benzene rings is 1. The predicted octanol–water partition coefficient (Wildman–Crippen LogP) is 1.70. The summed E-state index contributed by atoms with van der Waals surface area (Å²) in [5, 5.41) is 0. The van der Waals surface area contributed by atoms with Crippen LogP contribution in [0.4, 0.5) is 4.39 Å². The zero-order valence-corrected chi connectivity index (χ0v) is 13.5. The molecule has 1 aliphatic heterocycles. The number of ether oxygens (including phenoxy) is 2. The van der Waals surface area contributed by atoms with E-state index in [0.717, 1.165) is 4.90 Å². The summed E-state index contributed by atoms with van der Waals surface area (Å²) in [6.45, 7) is -0.522. The smallest absolute Gasteiger partial charge is 0.326 e. The molecule has 3 rings (SSSR count). The molecular weight excluding hydrogens is 329 g/mol. The van der Waals surface area contributed by atoms with Gasteiger partial charge in [0, 0.05) is 0 Å². The Labute approximate surface area is 144 Å². The first-order valence-corrected chi connectivity index (χ1v) is 8.11. The van der Waals surface area contributed by atoms with Gasteiger partial charge in [-0.25, -0.2) is 4.39 Å². The average Bonchev–Trinajstić information content (AvgIpc) is 2.85. The van der Waals surface area contributed by atoms with E-state index in [0.29, 0.717) is 12.8 Å². The summed E-state index contributed by atoms with van der Waals surface area (Å²) < 4.78 is 23.5. The molecule has 1 aliphatic carbocycles. The molecule has 1 heterocycles. The maximum absolute atomic E-state index is 13.4. The molecule has 1 saturated heterocycles. The zero-order valence-electron chi connectivity index (χ0n) is 13.5. The molecule has 2 atom stereocenters. The number of imide groups is 1. The number of likely N-dealkylation sites (tertiary alicyclic amines) is 1. The van der Waals surface area contributed by atoms with E-state index in [1.54, 1.807) is 12.1 Å². The highest BCUT2D eigenvalue weighted by molar-refractivity contribution is 6.07. The van der Waals surface area contributed by atoms with Crippen LogP contribution in [0.25, 0.3) is 0 Å². The maximum Gasteiger partial charge on any atom is 0.326 e. The Bertz CT molecular complexity index is 691. The summed E-state index contributed by atoms with van der Waals surface area (Å²) in [6, 6.07) is 5.90. The third kappa shape index (κ3) is 3.70. The Morgan fingerprint density at radius 2 is 1.72 bits per heavy atom. The fourth-order valence-electron chi connectivity index (χ4n) is 3.07. The van der Waals surface area contributed by atoms with Gasteiger partial charge in [0.25, 0.3) is 0 Å². The van der Waals surface area contributed by atoms with Crippen molar-refractivity contribution in [2.45, 2.75) is 12.8 Å². The Balaban J connectivity index is 1.44. The molecule has 1 aromatic rings. The Morgan fingerprint density at radius 3 is 2.36 bits per heavy atom. The van der Waals surface area contributed by atoms with Crippen molar-refractivity contribution in [1.29, 1.82) is 0 Å². The summed E-state index contributed by atoms with van der Waals surface area (Å²) in [4.78, 5) is 37.3. The number of halogens is 1. The summed E-state index contributed by atoms with van der Waals surface area (Å²) in [7, 11) is 0. The van der Waals surface area contributed by atoms with Gasteiger partial charge in [0.05, 0.1) is 11.8 Å². The molecule has 7 heteroatoms. The van der Waals surface area contributed by atoms with Gasteiger partial charge in [0.15, 0.2) is 11.6 Å². The number of amides is 2. The van der Waals surface area contributed by atoms with Gasteiger partial charge in [-0.2, -0.15) is 0 Å². The largest absolute Gasteiger partial charge is 0.487 e. The molecule has 1 fully saturated rings. The highest BCUT2D eigenvalue weighted by atomic mass is 19.1. The number of nitrogens with zero attached hydrogens (tertiary/aromatic N) is 1. The Kier molecular flexibility index (Phi) is 5.11. The molecule has 0 N–H and O–H groups in total. The molecule has 25 heavy (non-hydrogen) atoms. The van der Waals surface area contributed by atoms with Crippen molar-refractivity contribution in [1.82, 2.24) is 4.90 Å². The number of hydrogen-bond acceptors (Lipinski definition) is 5. The van der Waals surface area contributed by atoms with Crippen molar-refractivity contribution in [3.8, 4) is 5.75 Å². The van der Waals surface area contributed by atoms with Crippen molar-refractivity contribution in [3.63, 3.8) is 0 Å². The van der Waals surface area contributed by atoms with Gasteiger partial charge in [-0.3, -0.25) is 19.3 Å². The lowest BCUT2D eigenvalue weighted by molar-refractivity contribution is -0.153. The van der Waals surface area contributed by atoms with Gasteiger partial charge in [-0.15, -0.1) is 0 Å². The van der Waals surface area contributed by atoms with E-state index in [2.05, 4.69) is 0 Å². The molecule has 132 valence electrons. The first kappa shape index (κ1) is 17.1. The molecule has 2 aliphatic rings. The van der Waals surface area contributed by atoms with Crippen molar-refractivity contribution in [3.05, 3.63) is 42.2 Å². The normalized spacial score (nSPS) is 22.0. The third-order valence-electron chi connectivity index (χ3n) is 4.33. The van der Waals surface area contributed by atoms with Crippen LogP contribution in [0.15, 0.2) is 36.4 Å². The summed E-state index contributed by atoms with van der Waals surface area (Å²) in [5.74, 6) is -2.49. The fraction of sp³-hybridized carbons (Fsp3) is 0.389. The lowest BCUT2D eigenvalue weighted by atomic mass is 9.85. The topological polar surface area (TPSA) is 72.9 Å². The lowest BCUT2D eigenvalue weighted by Gasteiger charge is -2.14. The van der Waals surface area contributed by atoms with Crippen molar-refractivity contribution in [2.24, 2.45) is 11.8 Å². The van der Waals surface area contributed by atoms with Crippen LogP contribution >= 0.6 is 0 Å². The van der Waals surface area contributed by atoms with E-state index >= 15 is 0 Å². The number of hydrogen-bond donors (Lipinski definition) is 0. The molecule has 0 bridgehead atoms. The Hall–Kier alpha value is -2.70. The van der Waals surface area contributed by atoms with Crippen molar-refractivity contribution in [2.75, 3.05) is 19.8 Å². The molecule has 2 amide bonds. The number of fused-ring (bicyclic) bond motifs is 1. The first-order chi connectivity index (χ1) is 12.1. The lowest BCUT2D eigenvalue weighted by Crippen LogP contribution is -2.37. The number of para-hydroxylation sites is 1. The number of esters is 1. The second kappa shape index (κ2) is 7.46. The third-order valence-corrected chi connectivity index (χ3v) is 4.33. The van der Waals surface area contributed by atoms with Crippen LogP contribution in [0.1, 0.15) is 12.8 Å². The van der Waals surface area contributed by atoms with Crippen LogP contribution < -0.4 is 4.74 Å². The van der Waals surface area contributed by atoms with E-state index in [9.17, 15) is 18.8 Å². The van der Waals surface area contributed by atoms with E-state index in [1.807, 2.05) is 12.2 Å². The molecule has 0 saturated carbocycles. The van der Waals surface area contributed by atoms with Crippen LogP contribution in [0.3, 0.4) is 0 Å². The highest BCUT2D eigenvalue weighted by Gasteiger charge is 2.47. The van der Waals surface area contributed by atoms with Gasteiger partial charge >= 0.3 is 5.97 Å². The van der Waals surface area contributed by atoms with Crippen LogP contribution in [0, 0.1) is 17.7 Å². The van der Waals surface area contributed by atoms with Gasteiger partial charge in [-0.05, 0) is 25.0 Å². The minimum atomic E-state index is -0.689.